The quantitative estimate of drug-likeness (QED) is 0.631. The molecule has 0 radical (unpaired) electrons. The Labute approximate surface area is 173 Å². The van der Waals surface area contributed by atoms with E-state index in [1.807, 2.05) is 19.9 Å². The van der Waals surface area contributed by atoms with E-state index >= 15 is 0 Å². The van der Waals surface area contributed by atoms with Crippen LogP contribution >= 0.6 is 0 Å². The van der Waals surface area contributed by atoms with Crippen molar-refractivity contribution in [2.75, 3.05) is 20.7 Å². The Morgan fingerprint density at radius 1 is 1.38 bits per heavy atom. The predicted octanol–water partition coefficient (Wildman–Crippen LogP) is 2.86. The van der Waals surface area contributed by atoms with Gasteiger partial charge in [0.1, 0.15) is 6.04 Å². The minimum atomic E-state index is -3.51. The van der Waals surface area contributed by atoms with Crippen molar-refractivity contribution in [1.29, 1.82) is 0 Å². The van der Waals surface area contributed by atoms with Crippen LogP contribution in [0.5, 0.6) is 0 Å². The van der Waals surface area contributed by atoms with Crippen molar-refractivity contribution in [3.63, 3.8) is 0 Å². The fourth-order valence-electron chi connectivity index (χ4n) is 3.84. The number of hydrogen-bond donors (Lipinski definition) is 0. The van der Waals surface area contributed by atoms with Crippen molar-refractivity contribution in [2.45, 2.75) is 50.1 Å². The summed E-state index contributed by atoms with van der Waals surface area (Å²) in [5, 5.41) is 0.936. The Kier molecular flexibility index (Phi) is 7.46. The number of benzene rings is 1. The van der Waals surface area contributed by atoms with Gasteiger partial charge in [-0.15, -0.1) is 0 Å². The second kappa shape index (κ2) is 9.43. The van der Waals surface area contributed by atoms with Gasteiger partial charge in [0.25, 0.3) is 0 Å². The van der Waals surface area contributed by atoms with Crippen LogP contribution in [0.25, 0.3) is 0 Å². The van der Waals surface area contributed by atoms with E-state index in [2.05, 4.69) is 6.58 Å². The van der Waals surface area contributed by atoms with Crippen LogP contribution in [0.4, 0.5) is 4.79 Å². The maximum Gasteiger partial charge on any atom is 0.328 e. The Morgan fingerprint density at radius 2 is 2.07 bits per heavy atom. The lowest BCUT2D eigenvalue weighted by Crippen LogP contribution is -2.52. The Morgan fingerprint density at radius 3 is 2.66 bits per heavy atom. The number of rotatable bonds is 7. The van der Waals surface area contributed by atoms with E-state index in [-0.39, 0.29) is 22.9 Å². The van der Waals surface area contributed by atoms with E-state index in [0.717, 1.165) is 23.8 Å². The van der Waals surface area contributed by atoms with Gasteiger partial charge >= 0.3 is 12.0 Å². The van der Waals surface area contributed by atoms with Crippen LogP contribution in [0.2, 0.25) is 0 Å². The lowest BCUT2D eigenvalue weighted by molar-refractivity contribution is -0.147. The smallest absolute Gasteiger partial charge is 0.328 e. The standard InChI is InChI=1S/C21H30N2O5S/c1-6-29(26,27)18-11-7-9-16(14-18)13-17-10-8-12-23(17)21(25)22(4)19(15(2)3)20(24)28-5/h6-7,9,11,14-15,17,19H,1,8,10,12-13H2,2-5H3/t17?,19-/m0/s1. The molecule has 0 bridgehead atoms. The molecule has 29 heavy (non-hydrogen) atoms. The number of carbonyl (C=O) groups excluding carboxylic acids is 2. The normalized spacial score (nSPS) is 17.8. The third-order valence-electron chi connectivity index (χ3n) is 5.33. The number of hydrogen-bond acceptors (Lipinski definition) is 5. The highest BCUT2D eigenvalue weighted by Gasteiger charge is 2.37. The van der Waals surface area contributed by atoms with Crippen molar-refractivity contribution in [3.8, 4) is 0 Å². The number of urea groups is 1. The first kappa shape index (κ1) is 22.9. The number of carbonyl (C=O) groups is 2. The first-order valence-corrected chi connectivity index (χ1v) is 11.2. The third-order valence-corrected chi connectivity index (χ3v) is 6.68. The summed E-state index contributed by atoms with van der Waals surface area (Å²) in [6.45, 7) is 7.71. The van der Waals surface area contributed by atoms with Crippen molar-refractivity contribution >= 4 is 21.8 Å². The molecule has 7 nitrogen and oxygen atoms in total. The second-order valence-electron chi connectivity index (χ2n) is 7.66. The van der Waals surface area contributed by atoms with Gasteiger partial charge < -0.3 is 14.5 Å². The van der Waals surface area contributed by atoms with E-state index in [0.29, 0.717) is 13.0 Å². The number of likely N-dealkylation sites (N-methyl/N-ethyl adjacent to an activating group) is 1. The summed E-state index contributed by atoms with van der Waals surface area (Å²) in [5.74, 6) is -0.521. The molecule has 2 atom stereocenters. The SMILES string of the molecule is C=CS(=O)(=O)c1cccc(CC2CCCN2C(=O)N(C)[C@H](C(=O)OC)C(C)C)c1. The molecule has 1 aromatic carbocycles. The van der Waals surface area contributed by atoms with Crippen LogP contribution < -0.4 is 0 Å². The van der Waals surface area contributed by atoms with E-state index in [1.165, 1.54) is 18.1 Å². The van der Waals surface area contributed by atoms with Gasteiger partial charge in [-0.1, -0.05) is 32.6 Å². The van der Waals surface area contributed by atoms with Gasteiger partial charge in [0.2, 0.25) is 0 Å². The minimum Gasteiger partial charge on any atom is -0.467 e. The Hall–Kier alpha value is -2.35. The topological polar surface area (TPSA) is 84.0 Å². The molecular weight excluding hydrogens is 392 g/mol. The first-order valence-electron chi connectivity index (χ1n) is 9.70. The number of ether oxygens (including phenoxy) is 1. The van der Waals surface area contributed by atoms with E-state index in [9.17, 15) is 18.0 Å². The lowest BCUT2D eigenvalue weighted by atomic mass is 10.0. The summed E-state index contributed by atoms with van der Waals surface area (Å²) < 4.78 is 29.0. The van der Waals surface area contributed by atoms with Crippen LogP contribution in [0.15, 0.2) is 41.1 Å². The number of nitrogens with zero attached hydrogens (tertiary/aromatic N) is 2. The molecule has 0 aliphatic carbocycles. The van der Waals surface area contributed by atoms with E-state index in [1.54, 1.807) is 24.1 Å². The number of amides is 2. The maximum atomic E-state index is 13.1. The van der Waals surface area contributed by atoms with Gasteiger partial charge in [0.15, 0.2) is 9.84 Å². The Bertz CT molecular complexity index is 866. The monoisotopic (exact) mass is 422 g/mol. The maximum absolute atomic E-state index is 13.1. The van der Waals surface area contributed by atoms with Crippen LogP contribution in [0.1, 0.15) is 32.3 Å². The number of sulfone groups is 1. The molecule has 1 unspecified atom stereocenters. The van der Waals surface area contributed by atoms with Gasteiger partial charge in [-0.25, -0.2) is 18.0 Å². The van der Waals surface area contributed by atoms with Crippen molar-refractivity contribution in [1.82, 2.24) is 9.80 Å². The van der Waals surface area contributed by atoms with Crippen LogP contribution in [-0.4, -0.2) is 63.0 Å². The molecule has 1 aromatic rings. The largest absolute Gasteiger partial charge is 0.467 e. The molecule has 1 aliphatic rings. The van der Waals surface area contributed by atoms with Crippen LogP contribution in [-0.2, 0) is 25.8 Å². The van der Waals surface area contributed by atoms with Gasteiger partial charge in [-0.2, -0.15) is 0 Å². The molecule has 160 valence electrons. The zero-order valence-corrected chi connectivity index (χ0v) is 18.3. The summed E-state index contributed by atoms with van der Waals surface area (Å²) in [7, 11) is -0.567. The van der Waals surface area contributed by atoms with E-state index in [4.69, 9.17) is 4.74 Å². The fourth-order valence-corrected chi connectivity index (χ4v) is 4.61. The fraction of sp³-hybridized carbons (Fsp3) is 0.524. The molecule has 1 heterocycles. The molecule has 0 spiro atoms. The number of methoxy groups -OCH3 is 1. The number of esters is 1. The van der Waals surface area contributed by atoms with Gasteiger partial charge in [-0.3, -0.25) is 0 Å². The average molecular weight is 423 g/mol. The zero-order chi connectivity index (χ0) is 21.8. The third kappa shape index (κ3) is 5.18. The summed E-state index contributed by atoms with van der Waals surface area (Å²) in [6, 6.07) is 5.80. The van der Waals surface area contributed by atoms with Crippen LogP contribution in [0.3, 0.4) is 0 Å². The van der Waals surface area contributed by atoms with Crippen molar-refractivity contribution in [2.24, 2.45) is 5.92 Å². The van der Waals surface area contributed by atoms with Crippen molar-refractivity contribution in [3.05, 3.63) is 41.8 Å². The summed E-state index contributed by atoms with van der Waals surface area (Å²) >= 11 is 0. The molecule has 2 amide bonds. The van der Waals surface area contributed by atoms with E-state index < -0.39 is 21.8 Å². The first-order chi connectivity index (χ1) is 13.6. The molecule has 0 saturated carbocycles. The molecule has 1 saturated heterocycles. The van der Waals surface area contributed by atoms with Gasteiger partial charge in [-0.05, 0) is 42.9 Å². The zero-order valence-electron chi connectivity index (χ0n) is 17.5. The highest BCUT2D eigenvalue weighted by Crippen LogP contribution is 2.25. The average Bonchev–Trinajstić information content (AvgIpc) is 3.15. The van der Waals surface area contributed by atoms with Gasteiger partial charge in [0.05, 0.1) is 12.0 Å². The minimum absolute atomic E-state index is 0.0582. The predicted molar refractivity (Wildman–Crippen MR) is 111 cm³/mol. The van der Waals surface area contributed by atoms with Crippen molar-refractivity contribution < 1.29 is 22.7 Å². The number of likely N-dealkylation sites (tertiary alicyclic amines) is 1. The molecule has 1 fully saturated rings. The molecule has 2 rings (SSSR count). The molecule has 0 N–H and O–H groups in total. The van der Waals surface area contributed by atoms with Gasteiger partial charge in [0, 0.05) is 25.0 Å². The van der Waals surface area contributed by atoms with Crippen LogP contribution in [0, 0.1) is 5.92 Å². The molecular formula is C21H30N2O5S. The summed E-state index contributed by atoms with van der Waals surface area (Å²) in [5.41, 5.74) is 0.841. The summed E-state index contributed by atoms with van der Waals surface area (Å²) in [6.07, 6.45) is 2.23. The molecule has 1 aliphatic heterocycles. The lowest BCUT2D eigenvalue weighted by Gasteiger charge is -2.34. The summed E-state index contributed by atoms with van der Waals surface area (Å²) in [4.78, 5) is 28.7. The molecule has 8 heteroatoms. The highest BCUT2D eigenvalue weighted by atomic mass is 32.2. The highest BCUT2D eigenvalue weighted by molar-refractivity contribution is 7.94. The second-order valence-corrected chi connectivity index (χ2v) is 9.55. The molecule has 0 aromatic heterocycles. The Balaban J connectivity index is 2.20.